The number of amides is 1. The third-order valence-corrected chi connectivity index (χ3v) is 4.03. The third-order valence-electron chi connectivity index (χ3n) is 4.03. The minimum absolute atomic E-state index is 0.118. The van der Waals surface area contributed by atoms with Gasteiger partial charge in [0.05, 0.1) is 17.5 Å². The van der Waals surface area contributed by atoms with Gasteiger partial charge in [-0.3, -0.25) is 4.79 Å². The molecule has 1 aromatic heterocycles. The maximum Gasteiger partial charge on any atom is 0.223 e. The van der Waals surface area contributed by atoms with Gasteiger partial charge in [-0.1, -0.05) is 12.1 Å². The zero-order valence-corrected chi connectivity index (χ0v) is 13.0. The summed E-state index contributed by atoms with van der Waals surface area (Å²) in [7, 11) is 0. The molecular weight excluding hydrogens is 278 g/mol. The maximum atomic E-state index is 11.9. The summed E-state index contributed by atoms with van der Waals surface area (Å²) in [5, 5.41) is 13.7. The molecular formula is C17H21N3O2. The molecule has 0 bridgehead atoms. The van der Waals surface area contributed by atoms with Crippen LogP contribution in [0.3, 0.4) is 0 Å². The van der Waals surface area contributed by atoms with E-state index in [9.17, 15) is 9.90 Å². The van der Waals surface area contributed by atoms with E-state index in [4.69, 9.17) is 0 Å². The normalized spacial score (nSPS) is 15.0. The first-order valence-electron chi connectivity index (χ1n) is 7.61. The van der Waals surface area contributed by atoms with Gasteiger partial charge in [0.2, 0.25) is 5.91 Å². The quantitative estimate of drug-likeness (QED) is 0.933. The lowest BCUT2D eigenvalue weighted by molar-refractivity contribution is -0.141. The van der Waals surface area contributed by atoms with E-state index in [1.807, 2.05) is 48.9 Å². The Hall–Kier alpha value is -2.14. The molecule has 1 amide bonds. The monoisotopic (exact) mass is 299 g/mol. The van der Waals surface area contributed by atoms with Crippen LogP contribution in [0.25, 0.3) is 5.69 Å². The van der Waals surface area contributed by atoms with E-state index in [-0.39, 0.29) is 12.0 Å². The lowest BCUT2D eigenvalue weighted by atomic mass is 10.1. The van der Waals surface area contributed by atoms with Crippen LogP contribution in [0.1, 0.15) is 23.4 Å². The average Bonchev–Trinajstić information content (AvgIpc) is 2.81. The van der Waals surface area contributed by atoms with Crippen LogP contribution in [0.5, 0.6) is 0 Å². The summed E-state index contributed by atoms with van der Waals surface area (Å²) in [4.78, 5) is 13.6. The molecule has 0 saturated carbocycles. The Morgan fingerprint density at radius 2 is 1.95 bits per heavy atom. The van der Waals surface area contributed by atoms with Gasteiger partial charge in [-0.15, -0.1) is 0 Å². The standard InChI is InChI=1S/C17H21N3O2/c1-12-9-13(2)20(18-12)15-6-3-14(4-7-15)5-8-17(22)19-10-16(21)11-19/h3-4,6-7,9,16,21H,5,8,10-11H2,1-2H3. The summed E-state index contributed by atoms with van der Waals surface area (Å²) in [6, 6.07) is 10.2. The fraction of sp³-hybridized carbons (Fsp3) is 0.412. The van der Waals surface area contributed by atoms with Crippen molar-refractivity contribution in [2.75, 3.05) is 13.1 Å². The minimum Gasteiger partial charge on any atom is -0.389 e. The Morgan fingerprint density at radius 1 is 1.27 bits per heavy atom. The molecule has 116 valence electrons. The predicted molar refractivity (Wildman–Crippen MR) is 83.9 cm³/mol. The highest BCUT2D eigenvalue weighted by Crippen LogP contribution is 2.15. The van der Waals surface area contributed by atoms with Crippen LogP contribution < -0.4 is 0 Å². The fourth-order valence-electron chi connectivity index (χ4n) is 2.76. The molecule has 2 aromatic rings. The van der Waals surface area contributed by atoms with Gasteiger partial charge in [0, 0.05) is 25.2 Å². The van der Waals surface area contributed by atoms with Gasteiger partial charge in [-0.2, -0.15) is 5.10 Å². The highest BCUT2D eigenvalue weighted by molar-refractivity contribution is 5.77. The van der Waals surface area contributed by atoms with Crippen molar-refractivity contribution in [2.24, 2.45) is 0 Å². The summed E-state index contributed by atoms with van der Waals surface area (Å²) in [5.74, 6) is 0.118. The molecule has 1 aliphatic heterocycles. The Labute approximate surface area is 130 Å². The molecule has 5 heteroatoms. The van der Waals surface area contributed by atoms with Gasteiger partial charge >= 0.3 is 0 Å². The molecule has 2 heterocycles. The lowest BCUT2D eigenvalue weighted by Crippen LogP contribution is -2.53. The van der Waals surface area contributed by atoms with Crippen LogP contribution in [0, 0.1) is 13.8 Å². The van der Waals surface area contributed by atoms with Gasteiger partial charge in [0.15, 0.2) is 0 Å². The van der Waals surface area contributed by atoms with Gasteiger partial charge in [0.1, 0.15) is 0 Å². The number of hydrogen-bond donors (Lipinski definition) is 1. The molecule has 1 aromatic carbocycles. The molecule has 0 atom stereocenters. The van der Waals surface area contributed by atoms with Crippen molar-refractivity contribution in [3.63, 3.8) is 0 Å². The summed E-state index contributed by atoms with van der Waals surface area (Å²) in [6.07, 6.45) is 0.887. The molecule has 0 radical (unpaired) electrons. The van der Waals surface area contributed by atoms with Gasteiger partial charge in [-0.25, -0.2) is 4.68 Å². The average molecular weight is 299 g/mol. The SMILES string of the molecule is Cc1cc(C)n(-c2ccc(CCC(=O)N3CC(O)C3)cc2)n1. The van der Waals surface area contributed by atoms with Crippen molar-refractivity contribution in [2.45, 2.75) is 32.8 Å². The number of aliphatic hydroxyl groups excluding tert-OH is 1. The van der Waals surface area contributed by atoms with Crippen molar-refractivity contribution >= 4 is 5.91 Å². The Balaban J connectivity index is 1.60. The summed E-state index contributed by atoms with van der Waals surface area (Å²) < 4.78 is 1.92. The van der Waals surface area contributed by atoms with E-state index < -0.39 is 0 Å². The number of benzene rings is 1. The van der Waals surface area contributed by atoms with E-state index >= 15 is 0 Å². The van der Waals surface area contributed by atoms with E-state index in [0.717, 1.165) is 29.1 Å². The largest absolute Gasteiger partial charge is 0.389 e. The van der Waals surface area contributed by atoms with Crippen molar-refractivity contribution in [1.82, 2.24) is 14.7 Å². The van der Waals surface area contributed by atoms with Gasteiger partial charge in [-0.05, 0) is 44.0 Å². The first-order valence-corrected chi connectivity index (χ1v) is 7.61. The van der Waals surface area contributed by atoms with E-state index in [2.05, 4.69) is 5.10 Å². The number of aliphatic hydroxyl groups is 1. The van der Waals surface area contributed by atoms with E-state index in [1.165, 1.54) is 0 Å². The van der Waals surface area contributed by atoms with Crippen molar-refractivity contribution in [1.29, 1.82) is 0 Å². The maximum absolute atomic E-state index is 11.9. The predicted octanol–water partition coefficient (Wildman–Crippen LogP) is 1.62. The molecule has 1 N–H and O–H groups in total. The molecule has 1 fully saturated rings. The smallest absolute Gasteiger partial charge is 0.223 e. The van der Waals surface area contributed by atoms with Crippen LogP contribution in [-0.4, -0.2) is 44.9 Å². The number of nitrogens with zero attached hydrogens (tertiary/aromatic N) is 3. The second kappa shape index (κ2) is 5.93. The second-order valence-electron chi connectivity index (χ2n) is 5.96. The summed E-state index contributed by atoms with van der Waals surface area (Å²) >= 11 is 0. The van der Waals surface area contributed by atoms with E-state index in [0.29, 0.717) is 19.5 Å². The first-order chi connectivity index (χ1) is 10.5. The molecule has 3 rings (SSSR count). The van der Waals surface area contributed by atoms with E-state index in [1.54, 1.807) is 4.90 Å². The van der Waals surface area contributed by atoms with Crippen LogP contribution in [0.4, 0.5) is 0 Å². The number of aromatic nitrogens is 2. The van der Waals surface area contributed by atoms with Crippen LogP contribution >= 0.6 is 0 Å². The zero-order valence-electron chi connectivity index (χ0n) is 13.0. The first kappa shape index (κ1) is 14.8. The van der Waals surface area contributed by atoms with Gasteiger partial charge in [0.25, 0.3) is 0 Å². The van der Waals surface area contributed by atoms with Crippen LogP contribution in [0.15, 0.2) is 30.3 Å². The minimum atomic E-state index is -0.330. The molecule has 0 spiro atoms. The number of aryl methyl sites for hydroxylation is 3. The van der Waals surface area contributed by atoms with Crippen molar-refractivity contribution in [3.8, 4) is 5.69 Å². The topological polar surface area (TPSA) is 58.4 Å². The Morgan fingerprint density at radius 3 is 2.50 bits per heavy atom. The Bertz CT molecular complexity index is 670. The Kier molecular flexibility index (Phi) is 3.98. The number of rotatable bonds is 4. The number of carbonyl (C=O) groups excluding carboxylic acids is 1. The molecule has 5 nitrogen and oxygen atoms in total. The second-order valence-corrected chi connectivity index (χ2v) is 5.96. The zero-order chi connectivity index (χ0) is 15.7. The molecule has 1 aliphatic rings. The molecule has 22 heavy (non-hydrogen) atoms. The number of likely N-dealkylation sites (tertiary alicyclic amines) is 1. The number of hydrogen-bond acceptors (Lipinski definition) is 3. The fourth-order valence-corrected chi connectivity index (χ4v) is 2.76. The highest BCUT2D eigenvalue weighted by atomic mass is 16.3. The third kappa shape index (κ3) is 3.04. The molecule has 0 aliphatic carbocycles. The lowest BCUT2D eigenvalue weighted by Gasteiger charge is -2.35. The van der Waals surface area contributed by atoms with Crippen LogP contribution in [0.2, 0.25) is 0 Å². The number of β-amino-alcohol motifs (C(OH)–C–C–N with tert-alkyl or cyclic N) is 1. The van der Waals surface area contributed by atoms with Crippen LogP contribution in [-0.2, 0) is 11.2 Å². The number of carbonyl (C=O) groups is 1. The molecule has 1 saturated heterocycles. The summed E-state index contributed by atoms with van der Waals surface area (Å²) in [5.41, 5.74) is 4.28. The summed E-state index contributed by atoms with van der Waals surface area (Å²) in [6.45, 7) is 4.98. The van der Waals surface area contributed by atoms with Crippen molar-refractivity contribution < 1.29 is 9.90 Å². The molecule has 0 unspecified atom stereocenters. The van der Waals surface area contributed by atoms with Crippen molar-refractivity contribution in [3.05, 3.63) is 47.3 Å². The van der Waals surface area contributed by atoms with Gasteiger partial charge < -0.3 is 10.0 Å². The highest BCUT2D eigenvalue weighted by Gasteiger charge is 2.27.